The molecule has 2 heterocycles. The molecule has 2 aromatic heterocycles. The minimum atomic E-state index is -1.17. The van der Waals surface area contributed by atoms with Gasteiger partial charge >= 0.3 is 11.6 Å². The van der Waals surface area contributed by atoms with E-state index in [0.717, 1.165) is 10.9 Å². The number of carbonyl (C=O) groups is 2. The van der Waals surface area contributed by atoms with Crippen LogP contribution in [0.25, 0.3) is 21.9 Å². The van der Waals surface area contributed by atoms with Crippen molar-refractivity contribution in [3.63, 3.8) is 0 Å². The fourth-order valence-corrected chi connectivity index (χ4v) is 4.57. The average molecular weight is 510 g/mol. The summed E-state index contributed by atoms with van der Waals surface area (Å²) in [6, 6.07) is 7.50. The maximum Gasteiger partial charge on any atom is 0.340 e. The van der Waals surface area contributed by atoms with Crippen LogP contribution in [0.1, 0.15) is 48.6 Å². The summed E-state index contributed by atoms with van der Waals surface area (Å²) in [6.07, 6.45) is 1.50. The summed E-state index contributed by atoms with van der Waals surface area (Å²) in [5.74, 6) is -1.75. The summed E-state index contributed by atoms with van der Waals surface area (Å²) < 4.78 is 11.5. The van der Waals surface area contributed by atoms with Gasteiger partial charge in [0.1, 0.15) is 17.2 Å². The number of amides is 1. The van der Waals surface area contributed by atoms with Crippen molar-refractivity contribution in [2.45, 2.75) is 58.9 Å². The zero-order valence-corrected chi connectivity index (χ0v) is 21.6. The van der Waals surface area contributed by atoms with E-state index in [2.05, 4.69) is 26.1 Å². The quantitative estimate of drug-likeness (QED) is 0.334. The van der Waals surface area contributed by atoms with Crippen molar-refractivity contribution in [3.05, 3.63) is 79.9 Å². The number of fused-ring (bicyclic) bond motifs is 2. The second-order valence-electron chi connectivity index (χ2n) is 10.1. The summed E-state index contributed by atoms with van der Waals surface area (Å²) in [7, 11) is 0. The molecule has 188 valence electrons. The zero-order valence-electron chi connectivity index (χ0n) is 20.8. The molecule has 7 nitrogen and oxygen atoms in total. The number of benzene rings is 2. The van der Waals surface area contributed by atoms with E-state index in [1.165, 1.54) is 0 Å². The number of carbonyl (C=O) groups excluding carboxylic acids is 1. The lowest BCUT2D eigenvalue weighted by Gasteiger charge is -2.17. The monoisotopic (exact) mass is 509 g/mol. The Balaban J connectivity index is 1.67. The molecule has 0 aliphatic rings. The van der Waals surface area contributed by atoms with Crippen LogP contribution in [0.2, 0.25) is 5.02 Å². The first-order chi connectivity index (χ1) is 16.9. The van der Waals surface area contributed by atoms with Crippen LogP contribution in [0.4, 0.5) is 0 Å². The van der Waals surface area contributed by atoms with Crippen LogP contribution in [-0.4, -0.2) is 23.0 Å². The van der Waals surface area contributed by atoms with E-state index in [0.29, 0.717) is 38.3 Å². The number of rotatable bonds is 6. The average Bonchev–Trinajstić information content (AvgIpc) is 3.23. The summed E-state index contributed by atoms with van der Waals surface area (Å²) in [5, 5.41) is 14.3. The number of hydrogen-bond acceptors (Lipinski definition) is 5. The highest BCUT2D eigenvalue weighted by molar-refractivity contribution is 6.30. The number of hydrogen-bond donors (Lipinski definition) is 2. The van der Waals surface area contributed by atoms with E-state index in [1.54, 1.807) is 37.5 Å². The molecule has 4 rings (SSSR count). The van der Waals surface area contributed by atoms with Gasteiger partial charge in [-0.25, -0.2) is 9.59 Å². The van der Waals surface area contributed by atoms with E-state index >= 15 is 0 Å². The van der Waals surface area contributed by atoms with Gasteiger partial charge in [-0.2, -0.15) is 0 Å². The maximum atomic E-state index is 12.9. The van der Waals surface area contributed by atoms with Gasteiger partial charge < -0.3 is 19.3 Å². The fraction of sp³-hybridized carbons (Fsp3) is 0.321. The third kappa shape index (κ3) is 4.88. The van der Waals surface area contributed by atoms with Crippen LogP contribution < -0.4 is 10.9 Å². The van der Waals surface area contributed by atoms with Gasteiger partial charge in [0.25, 0.3) is 0 Å². The molecule has 2 N–H and O–H groups in total. The van der Waals surface area contributed by atoms with Crippen LogP contribution in [-0.2, 0) is 27.8 Å². The first-order valence-electron chi connectivity index (χ1n) is 11.6. The predicted octanol–water partition coefficient (Wildman–Crippen LogP) is 5.46. The number of aryl methyl sites for hydroxylation is 2. The number of nitrogens with one attached hydrogen (secondary N) is 1. The van der Waals surface area contributed by atoms with Gasteiger partial charge in [-0.1, -0.05) is 44.5 Å². The Bertz CT molecular complexity index is 1540. The van der Waals surface area contributed by atoms with Gasteiger partial charge in [0.15, 0.2) is 0 Å². The Kier molecular flexibility index (Phi) is 6.71. The SMILES string of the molecule is Cc1c(CC(=O)NC(Cc2ccc(Cl)cc2)C(=O)O)c(=O)oc2c(C)c3occ(C(C)(C)C)c3cc12. The highest BCUT2D eigenvalue weighted by Gasteiger charge is 2.25. The fourth-order valence-electron chi connectivity index (χ4n) is 4.44. The molecular formula is C28H28ClNO6. The Morgan fingerprint density at radius 3 is 2.33 bits per heavy atom. The molecule has 0 bridgehead atoms. The molecule has 0 aliphatic carbocycles. The van der Waals surface area contributed by atoms with E-state index in [1.807, 2.05) is 13.0 Å². The van der Waals surface area contributed by atoms with Crippen LogP contribution in [0.15, 0.2) is 50.2 Å². The van der Waals surface area contributed by atoms with Crippen LogP contribution in [0, 0.1) is 13.8 Å². The number of halogens is 1. The molecule has 0 fully saturated rings. The molecular weight excluding hydrogens is 482 g/mol. The van der Waals surface area contributed by atoms with Gasteiger partial charge in [-0.3, -0.25) is 4.79 Å². The van der Waals surface area contributed by atoms with Gasteiger partial charge in [-0.05, 0) is 48.6 Å². The Morgan fingerprint density at radius 2 is 1.72 bits per heavy atom. The van der Waals surface area contributed by atoms with Crippen molar-refractivity contribution in [3.8, 4) is 0 Å². The van der Waals surface area contributed by atoms with E-state index < -0.39 is 23.5 Å². The first kappa shape index (κ1) is 25.5. The lowest BCUT2D eigenvalue weighted by atomic mass is 9.86. The lowest BCUT2D eigenvalue weighted by molar-refractivity contribution is -0.141. The summed E-state index contributed by atoms with van der Waals surface area (Å²) in [5.41, 5.74) is 3.53. The molecule has 36 heavy (non-hydrogen) atoms. The van der Waals surface area contributed by atoms with Crippen molar-refractivity contribution in [2.24, 2.45) is 0 Å². The molecule has 0 radical (unpaired) electrons. The molecule has 4 aromatic rings. The summed E-state index contributed by atoms with van der Waals surface area (Å²) >= 11 is 5.89. The summed E-state index contributed by atoms with van der Waals surface area (Å²) in [6.45, 7) is 9.88. The predicted molar refractivity (Wildman–Crippen MR) is 139 cm³/mol. The minimum Gasteiger partial charge on any atom is -0.480 e. The number of carboxylic acids is 1. The van der Waals surface area contributed by atoms with Gasteiger partial charge in [-0.15, -0.1) is 0 Å². The number of carboxylic acid groups (broad SMARTS) is 1. The van der Waals surface area contributed by atoms with Gasteiger partial charge in [0.2, 0.25) is 5.91 Å². The second kappa shape index (κ2) is 9.47. The van der Waals surface area contributed by atoms with Gasteiger partial charge in [0.05, 0.1) is 18.2 Å². The lowest BCUT2D eigenvalue weighted by Crippen LogP contribution is -2.43. The highest BCUT2D eigenvalue weighted by Crippen LogP contribution is 2.37. The molecule has 1 amide bonds. The Morgan fingerprint density at radius 1 is 1.06 bits per heavy atom. The molecule has 8 heteroatoms. The van der Waals surface area contributed by atoms with Crippen LogP contribution in [0.5, 0.6) is 0 Å². The second-order valence-corrected chi connectivity index (χ2v) is 10.5. The van der Waals surface area contributed by atoms with Crippen molar-refractivity contribution in [2.75, 3.05) is 0 Å². The third-order valence-electron chi connectivity index (χ3n) is 6.47. The Hall–Kier alpha value is -3.58. The topological polar surface area (TPSA) is 110 Å². The first-order valence-corrected chi connectivity index (χ1v) is 12.0. The molecule has 0 saturated carbocycles. The smallest absolute Gasteiger partial charge is 0.340 e. The molecule has 2 aromatic carbocycles. The van der Waals surface area contributed by atoms with Crippen molar-refractivity contribution >= 4 is 45.4 Å². The molecule has 1 atom stereocenters. The van der Waals surface area contributed by atoms with E-state index in [4.69, 9.17) is 20.4 Å². The molecule has 0 aliphatic heterocycles. The summed E-state index contributed by atoms with van der Waals surface area (Å²) in [4.78, 5) is 37.5. The third-order valence-corrected chi connectivity index (χ3v) is 6.73. The number of aliphatic carboxylic acids is 1. The maximum absolute atomic E-state index is 12.9. The highest BCUT2D eigenvalue weighted by atomic mass is 35.5. The van der Waals surface area contributed by atoms with Crippen LogP contribution >= 0.6 is 11.6 Å². The minimum absolute atomic E-state index is 0.0802. The molecule has 0 saturated heterocycles. The van der Waals surface area contributed by atoms with Crippen molar-refractivity contribution < 1.29 is 23.5 Å². The molecule has 0 spiro atoms. The Labute approximate surface area is 213 Å². The van der Waals surface area contributed by atoms with Crippen molar-refractivity contribution in [1.82, 2.24) is 5.32 Å². The molecule has 1 unspecified atom stereocenters. The standard InChI is InChI=1S/C28H28ClNO6/c1-14-18-11-20-21(28(3,4)5)13-35-24(20)15(2)25(18)36-27(34)19(14)12-23(31)30-22(26(32)33)10-16-6-8-17(29)9-7-16/h6-9,11,13,22H,10,12H2,1-5H3,(H,30,31)(H,32,33). The van der Waals surface area contributed by atoms with Crippen molar-refractivity contribution in [1.29, 1.82) is 0 Å². The van der Waals surface area contributed by atoms with Gasteiger partial charge in [0, 0.05) is 33.3 Å². The zero-order chi connectivity index (χ0) is 26.4. The van der Waals surface area contributed by atoms with Crippen LogP contribution in [0.3, 0.4) is 0 Å². The largest absolute Gasteiger partial charge is 0.480 e. The van der Waals surface area contributed by atoms with E-state index in [-0.39, 0.29) is 23.8 Å². The van der Waals surface area contributed by atoms with E-state index in [9.17, 15) is 19.5 Å². The normalized spacial score (nSPS) is 12.7. The number of furan rings is 1.